The first kappa shape index (κ1) is 18.0. The van der Waals surface area contributed by atoms with Crippen LogP contribution in [0.5, 0.6) is 0 Å². The maximum absolute atomic E-state index is 11.4. The summed E-state index contributed by atoms with van der Waals surface area (Å²) in [5, 5.41) is 14.6. The zero-order chi connectivity index (χ0) is 17.8. The second kappa shape index (κ2) is 8.05. The van der Waals surface area contributed by atoms with E-state index in [1.54, 1.807) is 11.3 Å². The molecule has 136 valence electrons. The fourth-order valence-electron chi connectivity index (χ4n) is 3.67. The molecule has 0 unspecified atom stereocenters. The van der Waals surface area contributed by atoms with Crippen LogP contribution in [-0.4, -0.2) is 39.2 Å². The Kier molecular flexibility index (Phi) is 5.80. The van der Waals surface area contributed by atoms with Gasteiger partial charge in [-0.25, -0.2) is 4.68 Å². The van der Waals surface area contributed by atoms with E-state index >= 15 is 0 Å². The minimum Gasteiger partial charge on any atom is -0.369 e. The molecule has 0 aliphatic carbocycles. The third-order valence-corrected chi connectivity index (χ3v) is 5.85. The molecule has 2 aromatic heterocycles. The number of likely N-dealkylation sites (tertiary alicyclic amines) is 1. The van der Waals surface area contributed by atoms with Gasteiger partial charge in [0.1, 0.15) is 6.04 Å². The molecule has 7 nitrogen and oxygen atoms in total. The van der Waals surface area contributed by atoms with Crippen LogP contribution in [0.2, 0.25) is 0 Å². The largest absolute Gasteiger partial charge is 0.369 e. The Morgan fingerprint density at radius 1 is 1.44 bits per heavy atom. The Morgan fingerprint density at radius 2 is 2.20 bits per heavy atom. The van der Waals surface area contributed by atoms with Crippen molar-refractivity contribution in [2.75, 3.05) is 13.1 Å². The number of piperidine rings is 1. The van der Waals surface area contributed by atoms with Gasteiger partial charge >= 0.3 is 0 Å². The Labute approximate surface area is 152 Å². The predicted octanol–water partition coefficient (Wildman–Crippen LogP) is 0.650. The highest BCUT2D eigenvalue weighted by atomic mass is 32.1. The van der Waals surface area contributed by atoms with Gasteiger partial charge in [-0.3, -0.25) is 4.79 Å². The molecular formula is C17H27N6OS+. The highest BCUT2D eigenvalue weighted by Gasteiger charge is 2.35. The van der Waals surface area contributed by atoms with Crippen LogP contribution in [0.1, 0.15) is 49.9 Å². The van der Waals surface area contributed by atoms with Gasteiger partial charge < -0.3 is 10.6 Å². The number of rotatable bonds is 7. The lowest BCUT2D eigenvalue weighted by atomic mass is 9.93. The topological polar surface area (TPSA) is 91.1 Å². The molecule has 1 aliphatic rings. The predicted molar refractivity (Wildman–Crippen MR) is 96.0 cm³/mol. The van der Waals surface area contributed by atoms with Crippen LogP contribution in [0.25, 0.3) is 0 Å². The highest BCUT2D eigenvalue weighted by molar-refractivity contribution is 7.09. The van der Waals surface area contributed by atoms with E-state index in [1.807, 2.05) is 4.68 Å². The number of carbonyl (C=O) groups excluding carboxylic acids is 1. The number of quaternary nitrogens is 1. The normalized spacial score (nSPS) is 22.2. The van der Waals surface area contributed by atoms with Gasteiger partial charge in [-0.05, 0) is 27.8 Å². The van der Waals surface area contributed by atoms with E-state index in [0.29, 0.717) is 12.5 Å². The van der Waals surface area contributed by atoms with E-state index < -0.39 is 0 Å². The summed E-state index contributed by atoms with van der Waals surface area (Å²) in [5.41, 5.74) is 5.48. The fraction of sp³-hybridized carbons (Fsp3) is 0.647. The van der Waals surface area contributed by atoms with Crippen molar-refractivity contribution in [3.8, 4) is 0 Å². The molecule has 3 heterocycles. The maximum atomic E-state index is 11.4. The smallest absolute Gasteiger partial charge is 0.220 e. The molecule has 0 aromatic carbocycles. The molecule has 1 fully saturated rings. The lowest BCUT2D eigenvalue weighted by Gasteiger charge is -2.33. The summed E-state index contributed by atoms with van der Waals surface area (Å²) in [6, 6.07) is 4.41. The molecule has 8 heteroatoms. The molecule has 1 aliphatic heterocycles. The van der Waals surface area contributed by atoms with Crippen LogP contribution < -0.4 is 10.6 Å². The molecular weight excluding hydrogens is 336 g/mol. The SMILES string of the molecule is CC(C)C[C@@H](c1nnnn1Cc1cccs1)[NH+]1CCC(C(N)=O)CC1. The van der Waals surface area contributed by atoms with Crippen LogP contribution in [0.3, 0.4) is 0 Å². The zero-order valence-electron chi connectivity index (χ0n) is 14.9. The lowest BCUT2D eigenvalue weighted by Crippen LogP contribution is -3.13. The lowest BCUT2D eigenvalue weighted by molar-refractivity contribution is -0.938. The second-order valence-electron chi connectivity index (χ2n) is 7.29. The first-order valence-electron chi connectivity index (χ1n) is 8.97. The van der Waals surface area contributed by atoms with Gasteiger partial charge in [0, 0.05) is 30.1 Å². The monoisotopic (exact) mass is 363 g/mol. The summed E-state index contributed by atoms with van der Waals surface area (Å²) in [7, 11) is 0. The van der Waals surface area contributed by atoms with Crippen LogP contribution in [0, 0.1) is 11.8 Å². The number of nitrogens with one attached hydrogen (secondary N) is 1. The number of nitrogens with zero attached hydrogens (tertiary/aromatic N) is 4. The van der Waals surface area contributed by atoms with Gasteiger partial charge in [-0.2, -0.15) is 0 Å². The van der Waals surface area contributed by atoms with Crippen LogP contribution in [0.15, 0.2) is 17.5 Å². The van der Waals surface area contributed by atoms with E-state index in [9.17, 15) is 4.79 Å². The number of primary amides is 1. The van der Waals surface area contributed by atoms with Gasteiger partial charge in [-0.1, -0.05) is 19.9 Å². The Bertz CT molecular complexity index is 675. The van der Waals surface area contributed by atoms with Crippen LogP contribution in [-0.2, 0) is 11.3 Å². The number of hydrogen-bond donors (Lipinski definition) is 2. The molecule has 25 heavy (non-hydrogen) atoms. The van der Waals surface area contributed by atoms with Crippen molar-refractivity contribution in [3.05, 3.63) is 28.2 Å². The van der Waals surface area contributed by atoms with E-state index in [2.05, 4.69) is 46.9 Å². The van der Waals surface area contributed by atoms with Gasteiger partial charge in [0.05, 0.1) is 19.6 Å². The molecule has 1 amide bonds. The van der Waals surface area contributed by atoms with Crippen molar-refractivity contribution < 1.29 is 9.69 Å². The third kappa shape index (κ3) is 4.43. The molecule has 0 bridgehead atoms. The van der Waals surface area contributed by atoms with Crippen molar-refractivity contribution >= 4 is 17.2 Å². The summed E-state index contributed by atoms with van der Waals surface area (Å²) in [6.45, 7) is 7.06. The fourth-order valence-corrected chi connectivity index (χ4v) is 4.36. The van der Waals surface area contributed by atoms with E-state index in [-0.39, 0.29) is 17.9 Å². The molecule has 0 saturated carbocycles. The van der Waals surface area contributed by atoms with Gasteiger partial charge in [0.2, 0.25) is 11.7 Å². The molecule has 1 atom stereocenters. The van der Waals surface area contributed by atoms with Crippen LogP contribution >= 0.6 is 11.3 Å². The number of carbonyl (C=O) groups is 1. The average molecular weight is 364 g/mol. The first-order valence-corrected chi connectivity index (χ1v) is 9.85. The third-order valence-electron chi connectivity index (χ3n) is 4.99. The van der Waals surface area contributed by atoms with Crippen molar-refractivity contribution in [3.63, 3.8) is 0 Å². The second-order valence-corrected chi connectivity index (χ2v) is 8.32. The summed E-state index contributed by atoms with van der Waals surface area (Å²) < 4.78 is 1.94. The van der Waals surface area contributed by atoms with E-state index in [4.69, 9.17) is 5.73 Å². The van der Waals surface area contributed by atoms with E-state index in [0.717, 1.165) is 38.2 Å². The maximum Gasteiger partial charge on any atom is 0.220 e. The van der Waals surface area contributed by atoms with E-state index in [1.165, 1.54) is 9.78 Å². The Morgan fingerprint density at radius 3 is 2.80 bits per heavy atom. The number of nitrogens with two attached hydrogens (primary N) is 1. The summed E-state index contributed by atoms with van der Waals surface area (Å²) in [4.78, 5) is 14.2. The van der Waals surface area contributed by atoms with Gasteiger partial charge in [0.25, 0.3) is 0 Å². The Hall–Kier alpha value is -1.80. The average Bonchev–Trinajstić information content (AvgIpc) is 3.25. The van der Waals surface area contributed by atoms with Crippen LogP contribution in [0.4, 0.5) is 0 Å². The Balaban J connectivity index is 1.77. The molecule has 0 spiro atoms. The van der Waals surface area contributed by atoms with Gasteiger partial charge in [-0.15, -0.1) is 16.4 Å². The van der Waals surface area contributed by atoms with Crippen molar-refractivity contribution in [2.24, 2.45) is 17.6 Å². The standard InChI is InChI=1S/C17H26N6OS/c1-12(2)10-15(22-7-5-13(6-8-22)16(18)24)17-19-20-21-23(17)11-14-4-3-9-25-14/h3-4,9,12-13,15H,5-8,10-11H2,1-2H3,(H2,18,24)/p+1/t15-/m0/s1. The minimum atomic E-state index is -0.165. The molecule has 2 aromatic rings. The number of thiophene rings is 1. The number of amides is 1. The van der Waals surface area contributed by atoms with Crippen molar-refractivity contribution in [1.82, 2.24) is 20.2 Å². The minimum absolute atomic E-state index is 0.0190. The summed E-state index contributed by atoms with van der Waals surface area (Å²) >= 11 is 1.72. The summed E-state index contributed by atoms with van der Waals surface area (Å²) in [6.07, 6.45) is 2.74. The quantitative estimate of drug-likeness (QED) is 0.756. The van der Waals surface area contributed by atoms with Gasteiger partial charge in [0.15, 0.2) is 0 Å². The molecule has 3 N–H and O–H groups in total. The number of hydrogen-bond acceptors (Lipinski definition) is 5. The highest BCUT2D eigenvalue weighted by Crippen LogP contribution is 2.20. The molecule has 3 rings (SSSR count). The summed E-state index contributed by atoms with van der Waals surface area (Å²) in [5.74, 6) is 1.36. The zero-order valence-corrected chi connectivity index (χ0v) is 15.7. The van der Waals surface area contributed by atoms with Crippen molar-refractivity contribution in [1.29, 1.82) is 0 Å². The molecule has 1 saturated heterocycles. The number of tetrazole rings is 1. The first-order chi connectivity index (χ1) is 12.0. The molecule has 0 radical (unpaired) electrons. The number of aromatic nitrogens is 4. The van der Waals surface area contributed by atoms with Crippen molar-refractivity contribution in [2.45, 2.75) is 45.7 Å².